The topological polar surface area (TPSA) is 124 Å². The molecule has 1 aromatic rings. The Bertz CT molecular complexity index is 426. The van der Waals surface area contributed by atoms with Gasteiger partial charge in [0.25, 0.3) is 0 Å². The number of aromatic carboxylic acids is 1. The molecule has 0 fully saturated rings. The minimum absolute atomic E-state index is 0.0887. The van der Waals surface area contributed by atoms with Crippen LogP contribution in [0.2, 0.25) is 0 Å². The number of carbonyl (C=O) groups is 1. The molecule has 8 heteroatoms. The second-order valence-corrected chi connectivity index (χ2v) is 2.87. The third-order valence-corrected chi connectivity index (χ3v) is 1.86. The molecule has 0 heterocycles. The molecular formula is C8H6N2O6. The van der Waals surface area contributed by atoms with Crippen LogP contribution in [0.1, 0.15) is 22.1 Å². The number of nitrogens with zero attached hydrogens (tertiary/aromatic N) is 2. The number of carboxylic acid groups (broad SMARTS) is 1. The Balaban J connectivity index is 3.08. The number of carboxylic acids is 1. The summed E-state index contributed by atoms with van der Waals surface area (Å²) in [6.45, 7) is 0. The van der Waals surface area contributed by atoms with Crippen LogP contribution in [0.4, 0.5) is 0 Å². The summed E-state index contributed by atoms with van der Waals surface area (Å²) in [6.07, 6.45) is -2.07. The summed E-state index contributed by atoms with van der Waals surface area (Å²) in [7, 11) is 0. The Labute approximate surface area is 88.4 Å². The van der Waals surface area contributed by atoms with Gasteiger partial charge in [0.1, 0.15) is 15.4 Å². The molecule has 0 amide bonds. The number of hydrogen-bond donors (Lipinski definition) is 1. The molecule has 0 saturated carbocycles. The lowest BCUT2D eigenvalue weighted by atomic mass is 10.1. The van der Waals surface area contributed by atoms with Crippen LogP contribution < -0.4 is 0 Å². The molecule has 16 heavy (non-hydrogen) atoms. The Morgan fingerprint density at radius 3 is 1.88 bits per heavy atom. The van der Waals surface area contributed by atoms with Crippen LogP contribution >= 0.6 is 0 Å². The van der Waals surface area contributed by atoms with Gasteiger partial charge in [0.15, 0.2) is 0 Å². The molecule has 0 aliphatic carbocycles. The maximum Gasteiger partial charge on any atom is 0.476 e. The summed E-state index contributed by atoms with van der Waals surface area (Å²) in [5.41, 5.74) is -0.255. The molecule has 0 aliphatic rings. The Morgan fingerprint density at radius 2 is 1.56 bits per heavy atom. The summed E-state index contributed by atoms with van der Waals surface area (Å²) in [6, 6.07) is 4.27. The summed E-state index contributed by atoms with van der Waals surface area (Å²) in [4.78, 5) is 29.2. The fourth-order valence-electron chi connectivity index (χ4n) is 1.12. The smallest absolute Gasteiger partial charge is 0.476 e. The molecule has 0 aliphatic heterocycles. The van der Waals surface area contributed by atoms with E-state index < -0.39 is 22.0 Å². The van der Waals surface area contributed by atoms with Gasteiger partial charge in [0, 0.05) is 0 Å². The standard InChI is InChI=1S/C8H6N2O6/c11-8(12)6-3-1-5(2-4-6)7(9(13)14)10(15)16/h1-4,7H,(H,11,12). The van der Waals surface area contributed by atoms with Gasteiger partial charge in [-0.25, -0.2) is 4.79 Å². The normalized spacial score (nSPS) is 10.1. The van der Waals surface area contributed by atoms with Gasteiger partial charge >= 0.3 is 12.1 Å². The third-order valence-electron chi connectivity index (χ3n) is 1.86. The molecule has 1 N–H and O–H groups in total. The Kier molecular flexibility index (Phi) is 3.14. The van der Waals surface area contributed by atoms with Crippen LogP contribution in [0.5, 0.6) is 0 Å². The molecule has 0 bridgehead atoms. The van der Waals surface area contributed by atoms with Crippen molar-refractivity contribution in [2.75, 3.05) is 0 Å². The zero-order valence-corrected chi connectivity index (χ0v) is 7.77. The number of benzene rings is 1. The number of nitro groups is 2. The highest BCUT2D eigenvalue weighted by molar-refractivity contribution is 5.87. The predicted octanol–water partition coefficient (Wildman–Crippen LogP) is 0.937. The van der Waals surface area contributed by atoms with E-state index in [1.54, 1.807) is 0 Å². The first-order valence-electron chi connectivity index (χ1n) is 4.03. The fourth-order valence-corrected chi connectivity index (χ4v) is 1.12. The SMILES string of the molecule is O=C(O)c1ccc(C([N+](=O)[O-])[N+](=O)[O-])cc1. The van der Waals surface area contributed by atoms with E-state index in [9.17, 15) is 25.0 Å². The molecule has 0 unspecified atom stereocenters. The lowest BCUT2D eigenvalue weighted by Gasteiger charge is -2.02. The van der Waals surface area contributed by atoms with Gasteiger partial charge in [-0.3, -0.25) is 20.2 Å². The largest absolute Gasteiger partial charge is 0.478 e. The van der Waals surface area contributed by atoms with Gasteiger partial charge in [-0.15, -0.1) is 0 Å². The van der Waals surface area contributed by atoms with Gasteiger partial charge in [-0.2, -0.15) is 0 Å². The van der Waals surface area contributed by atoms with E-state index >= 15 is 0 Å². The van der Waals surface area contributed by atoms with Crippen molar-refractivity contribution in [3.05, 3.63) is 55.6 Å². The van der Waals surface area contributed by atoms with Crippen molar-refractivity contribution in [1.29, 1.82) is 0 Å². The Hall–Kier alpha value is -2.51. The lowest BCUT2D eigenvalue weighted by molar-refractivity contribution is -0.752. The maximum atomic E-state index is 10.5. The molecule has 1 aromatic carbocycles. The monoisotopic (exact) mass is 226 g/mol. The molecule has 0 radical (unpaired) electrons. The first-order valence-corrected chi connectivity index (χ1v) is 4.03. The van der Waals surface area contributed by atoms with Crippen molar-refractivity contribution in [1.82, 2.24) is 0 Å². The highest BCUT2D eigenvalue weighted by atomic mass is 16.7. The van der Waals surface area contributed by atoms with E-state index in [0.29, 0.717) is 0 Å². The average molecular weight is 226 g/mol. The quantitative estimate of drug-likeness (QED) is 0.462. The van der Waals surface area contributed by atoms with Crippen molar-refractivity contribution < 1.29 is 19.7 Å². The minimum atomic E-state index is -2.07. The van der Waals surface area contributed by atoms with Crippen molar-refractivity contribution in [3.63, 3.8) is 0 Å². The molecular weight excluding hydrogens is 220 g/mol. The number of rotatable bonds is 4. The van der Waals surface area contributed by atoms with Crippen molar-refractivity contribution in [2.45, 2.75) is 6.17 Å². The molecule has 0 saturated heterocycles. The zero-order valence-electron chi connectivity index (χ0n) is 7.77. The van der Waals surface area contributed by atoms with Crippen molar-refractivity contribution in [3.8, 4) is 0 Å². The van der Waals surface area contributed by atoms with Gasteiger partial charge in [-0.1, -0.05) is 0 Å². The first kappa shape index (κ1) is 11.6. The highest BCUT2D eigenvalue weighted by Crippen LogP contribution is 2.17. The highest BCUT2D eigenvalue weighted by Gasteiger charge is 2.34. The van der Waals surface area contributed by atoms with E-state index in [0.717, 1.165) is 24.3 Å². The summed E-state index contributed by atoms with van der Waals surface area (Å²) < 4.78 is 0. The second-order valence-electron chi connectivity index (χ2n) is 2.87. The Morgan fingerprint density at radius 1 is 1.12 bits per heavy atom. The minimum Gasteiger partial charge on any atom is -0.478 e. The van der Waals surface area contributed by atoms with E-state index in [2.05, 4.69) is 0 Å². The summed E-state index contributed by atoms with van der Waals surface area (Å²) in [5, 5.41) is 29.4. The number of hydrogen-bond acceptors (Lipinski definition) is 5. The van der Waals surface area contributed by atoms with Crippen LogP contribution in [0.15, 0.2) is 24.3 Å². The van der Waals surface area contributed by atoms with E-state index in [1.807, 2.05) is 0 Å². The fraction of sp³-hybridized carbons (Fsp3) is 0.125. The molecule has 0 spiro atoms. The summed E-state index contributed by atoms with van der Waals surface area (Å²) >= 11 is 0. The third kappa shape index (κ3) is 2.29. The predicted molar refractivity (Wildman–Crippen MR) is 50.1 cm³/mol. The molecule has 0 atom stereocenters. The molecule has 84 valence electrons. The van der Waals surface area contributed by atoms with Crippen molar-refractivity contribution >= 4 is 5.97 Å². The maximum absolute atomic E-state index is 10.5. The van der Waals surface area contributed by atoms with Gasteiger partial charge < -0.3 is 5.11 Å². The molecule has 8 nitrogen and oxygen atoms in total. The van der Waals surface area contributed by atoms with Crippen LogP contribution in [-0.2, 0) is 0 Å². The first-order chi connectivity index (χ1) is 7.43. The van der Waals surface area contributed by atoms with Gasteiger partial charge in [0.05, 0.1) is 5.56 Å². The van der Waals surface area contributed by atoms with Crippen molar-refractivity contribution in [2.24, 2.45) is 0 Å². The molecule has 0 aromatic heterocycles. The van der Waals surface area contributed by atoms with Gasteiger partial charge in [0.2, 0.25) is 0 Å². The van der Waals surface area contributed by atoms with E-state index in [4.69, 9.17) is 5.11 Å². The van der Waals surface area contributed by atoms with Crippen LogP contribution in [0.25, 0.3) is 0 Å². The summed E-state index contributed by atoms with van der Waals surface area (Å²) in [5.74, 6) is -1.20. The van der Waals surface area contributed by atoms with Gasteiger partial charge in [-0.05, 0) is 24.3 Å². The van der Waals surface area contributed by atoms with Crippen LogP contribution in [0, 0.1) is 20.2 Å². The average Bonchev–Trinajstić information content (AvgIpc) is 2.17. The van der Waals surface area contributed by atoms with Crippen LogP contribution in [0.3, 0.4) is 0 Å². The van der Waals surface area contributed by atoms with E-state index in [1.165, 1.54) is 0 Å². The molecule has 1 rings (SSSR count). The zero-order chi connectivity index (χ0) is 12.3. The lowest BCUT2D eigenvalue weighted by Crippen LogP contribution is -2.19. The van der Waals surface area contributed by atoms with E-state index in [-0.39, 0.29) is 11.1 Å². The second kappa shape index (κ2) is 4.34. The van der Waals surface area contributed by atoms with Crippen LogP contribution in [-0.4, -0.2) is 20.9 Å².